The van der Waals surface area contributed by atoms with Gasteiger partial charge >= 0.3 is 5.97 Å². The molecule has 0 spiro atoms. The number of aromatic carboxylic acids is 1. The summed E-state index contributed by atoms with van der Waals surface area (Å²) in [5.74, 6) is -0.962. The molecule has 0 aliphatic carbocycles. The molecule has 0 fully saturated rings. The SMILES string of the molecule is O=C(O)c1c(CCc2ccccc2)cc(CCc2ccccc2)n2ncnc12. The number of hydrogen-bond donors (Lipinski definition) is 1. The Morgan fingerprint density at radius 1 is 0.857 bits per heavy atom. The number of carboxylic acids is 1. The van der Waals surface area contributed by atoms with Crippen LogP contribution in [-0.2, 0) is 25.7 Å². The van der Waals surface area contributed by atoms with E-state index in [1.807, 2.05) is 42.5 Å². The third-order valence-electron chi connectivity index (χ3n) is 4.96. The fourth-order valence-electron chi connectivity index (χ4n) is 3.55. The predicted molar refractivity (Wildman–Crippen MR) is 108 cm³/mol. The molecule has 5 nitrogen and oxygen atoms in total. The molecule has 2 aromatic carbocycles. The zero-order chi connectivity index (χ0) is 19.3. The highest BCUT2D eigenvalue weighted by Crippen LogP contribution is 2.21. The average Bonchev–Trinajstić information content (AvgIpc) is 3.21. The summed E-state index contributed by atoms with van der Waals surface area (Å²) in [7, 11) is 0. The normalized spacial score (nSPS) is 11.0. The third kappa shape index (κ3) is 3.78. The largest absolute Gasteiger partial charge is 0.478 e. The summed E-state index contributed by atoms with van der Waals surface area (Å²) < 4.78 is 1.67. The monoisotopic (exact) mass is 371 g/mol. The van der Waals surface area contributed by atoms with Crippen molar-refractivity contribution in [2.75, 3.05) is 0 Å². The first-order valence-corrected chi connectivity index (χ1v) is 9.38. The van der Waals surface area contributed by atoms with Crippen molar-refractivity contribution in [3.05, 3.63) is 101 Å². The second-order valence-electron chi connectivity index (χ2n) is 6.81. The van der Waals surface area contributed by atoms with E-state index >= 15 is 0 Å². The van der Waals surface area contributed by atoms with Crippen LogP contribution in [0.25, 0.3) is 5.65 Å². The van der Waals surface area contributed by atoms with E-state index < -0.39 is 5.97 Å². The Kier molecular flexibility index (Phi) is 5.15. The number of rotatable bonds is 7. The number of fused-ring (bicyclic) bond motifs is 1. The van der Waals surface area contributed by atoms with Gasteiger partial charge in [0, 0.05) is 5.69 Å². The second-order valence-corrected chi connectivity index (χ2v) is 6.81. The summed E-state index contributed by atoms with van der Waals surface area (Å²) in [5.41, 5.74) is 4.87. The van der Waals surface area contributed by atoms with E-state index in [9.17, 15) is 9.90 Å². The molecule has 140 valence electrons. The third-order valence-corrected chi connectivity index (χ3v) is 4.96. The minimum absolute atomic E-state index is 0.247. The number of hydrogen-bond acceptors (Lipinski definition) is 3. The van der Waals surface area contributed by atoms with E-state index in [0.29, 0.717) is 12.1 Å². The molecule has 0 saturated heterocycles. The molecule has 1 N–H and O–H groups in total. The molecule has 0 aliphatic rings. The molecule has 28 heavy (non-hydrogen) atoms. The number of carbonyl (C=O) groups is 1. The number of aryl methyl sites for hydroxylation is 4. The summed E-state index contributed by atoms with van der Waals surface area (Å²) in [6, 6.07) is 22.3. The maximum atomic E-state index is 12.0. The van der Waals surface area contributed by atoms with E-state index in [0.717, 1.165) is 30.5 Å². The summed E-state index contributed by atoms with van der Waals surface area (Å²) in [5, 5.41) is 14.1. The molecule has 0 aliphatic heterocycles. The highest BCUT2D eigenvalue weighted by molar-refractivity contribution is 5.96. The standard InChI is InChI=1S/C23H21N3O2/c27-23(28)21-19(13-11-17-7-3-1-4-8-17)15-20(26-22(21)24-16-25-26)14-12-18-9-5-2-6-10-18/h1-10,15-16H,11-14H2,(H,27,28). The Morgan fingerprint density at radius 3 is 2.07 bits per heavy atom. The molecule has 2 heterocycles. The first-order chi connectivity index (χ1) is 13.7. The lowest BCUT2D eigenvalue weighted by molar-refractivity contribution is 0.0697. The van der Waals surface area contributed by atoms with Gasteiger partial charge in [-0.2, -0.15) is 5.10 Å². The van der Waals surface area contributed by atoms with Crippen molar-refractivity contribution in [2.24, 2.45) is 0 Å². The van der Waals surface area contributed by atoms with Gasteiger partial charge in [-0.3, -0.25) is 0 Å². The number of nitrogens with zero attached hydrogens (tertiary/aromatic N) is 3. The van der Waals surface area contributed by atoms with Gasteiger partial charge in [-0.1, -0.05) is 60.7 Å². The van der Waals surface area contributed by atoms with Gasteiger partial charge in [-0.05, 0) is 48.4 Å². The number of aromatic nitrogens is 3. The Morgan fingerprint density at radius 2 is 1.46 bits per heavy atom. The van der Waals surface area contributed by atoms with Crippen LogP contribution in [0.1, 0.15) is 32.7 Å². The highest BCUT2D eigenvalue weighted by Gasteiger charge is 2.19. The smallest absolute Gasteiger partial charge is 0.339 e. The predicted octanol–water partition coefficient (Wildman–Crippen LogP) is 4.00. The lowest BCUT2D eigenvalue weighted by atomic mass is 9.98. The van der Waals surface area contributed by atoms with Gasteiger partial charge in [0.2, 0.25) is 0 Å². The van der Waals surface area contributed by atoms with Crippen molar-refractivity contribution in [1.82, 2.24) is 14.6 Å². The molecule has 0 saturated carbocycles. The maximum absolute atomic E-state index is 12.0. The van der Waals surface area contributed by atoms with Crippen LogP contribution in [0.4, 0.5) is 0 Å². The van der Waals surface area contributed by atoms with E-state index in [1.54, 1.807) is 4.52 Å². The number of pyridine rings is 1. The molecular weight excluding hydrogens is 350 g/mol. The second kappa shape index (κ2) is 8.05. The lowest BCUT2D eigenvalue weighted by Crippen LogP contribution is -2.12. The first kappa shape index (κ1) is 17.9. The number of benzene rings is 2. The quantitative estimate of drug-likeness (QED) is 0.533. The lowest BCUT2D eigenvalue weighted by Gasteiger charge is -2.12. The Balaban J connectivity index is 1.68. The van der Waals surface area contributed by atoms with E-state index in [2.05, 4.69) is 34.3 Å². The minimum Gasteiger partial charge on any atom is -0.478 e. The van der Waals surface area contributed by atoms with Crippen molar-refractivity contribution in [3.63, 3.8) is 0 Å². The maximum Gasteiger partial charge on any atom is 0.339 e. The minimum atomic E-state index is -0.962. The topological polar surface area (TPSA) is 67.5 Å². The van der Waals surface area contributed by atoms with Crippen molar-refractivity contribution in [1.29, 1.82) is 0 Å². The molecule has 4 aromatic rings. The van der Waals surface area contributed by atoms with Crippen LogP contribution in [-0.4, -0.2) is 25.7 Å². The van der Waals surface area contributed by atoms with E-state index in [4.69, 9.17) is 0 Å². The molecule has 0 radical (unpaired) electrons. The zero-order valence-electron chi connectivity index (χ0n) is 15.5. The van der Waals surface area contributed by atoms with Gasteiger partial charge in [-0.15, -0.1) is 0 Å². The molecule has 5 heteroatoms. The van der Waals surface area contributed by atoms with Crippen LogP contribution >= 0.6 is 0 Å². The molecule has 0 bridgehead atoms. The summed E-state index contributed by atoms with van der Waals surface area (Å²) in [6.45, 7) is 0. The molecule has 4 rings (SSSR count). The van der Waals surface area contributed by atoms with E-state index in [-0.39, 0.29) is 5.56 Å². The fourth-order valence-corrected chi connectivity index (χ4v) is 3.55. The van der Waals surface area contributed by atoms with Crippen LogP contribution in [0, 0.1) is 0 Å². The van der Waals surface area contributed by atoms with Crippen LogP contribution < -0.4 is 0 Å². The number of carboxylic acid groups (broad SMARTS) is 1. The molecule has 0 amide bonds. The van der Waals surface area contributed by atoms with Crippen molar-refractivity contribution < 1.29 is 9.90 Å². The van der Waals surface area contributed by atoms with Crippen LogP contribution in [0.5, 0.6) is 0 Å². The Labute approximate surface area is 163 Å². The first-order valence-electron chi connectivity index (χ1n) is 9.38. The Hall–Kier alpha value is -3.47. The van der Waals surface area contributed by atoms with Crippen molar-refractivity contribution in [2.45, 2.75) is 25.7 Å². The average molecular weight is 371 g/mol. The van der Waals surface area contributed by atoms with Gasteiger partial charge < -0.3 is 5.11 Å². The van der Waals surface area contributed by atoms with Crippen molar-refractivity contribution in [3.8, 4) is 0 Å². The van der Waals surface area contributed by atoms with Crippen LogP contribution in [0.15, 0.2) is 73.1 Å². The molecule has 0 unspecified atom stereocenters. The van der Waals surface area contributed by atoms with Gasteiger partial charge in [0.25, 0.3) is 0 Å². The van der Waals surface area contributed by atoms with E-state index in [1.165, 1.54) is 17.5 Å². The summed E-state index contributed by atoms with van der Waals surface area (Å²) in [6.07, 6.45) is 4.48. The van der Waals surface area contributed by atoms with Crippen LogP contribution in [0.2, 0.25) is 0 Å². The van der Waals surface area contributed by atoms with Gasteiger partial charge in [0.05, 0.1) is 0 Å². The molecule has 2 aromatic heterocycles. The van der Waals surface area contributed by atoms with Gasteiger partial charge in [0.15, 0.2) is 5.65 Å². The van der Waals surface area contributed by atoms with Gasteiger partial charge in [-0.25, -0.2) is 14.3 Å². The summed E-state index contributed by atoms with van der Waals surface area (Å²) >= 11 is 0. The molecule has 0 atom stereocenters. The zero-order valence-corrected chi connectivity index (χ0v) is 15.5. The van der Waals surface area contributed by atoms with Gasteiger partial charge in [0.1, 0.15) is 11.9 Å². The molecular formula is C23H21N3O2. The summed E-state index contributed by atoms with van der Waals surface area (Å²) in [4.78, 5) is 16.2. The highest BCUT2D eigenvalue weighted by atomic mass is 16.4. The Bertz CT molecular complexity index is 1090. The van der Waals surface area contributed by atoms with Crippen molar-refractivity contribution >= 4 is 11.6 Å². The fraction of sp³-hybridized carbons (Fsp3) is 0.174. The van der Waals surface area contributed by atoms with Crippen LogP contribution in [0.3, 0.4) is 0 Å².